The Labute approximate surface area is 159 Å². The van der Waals surface area contributed by atoms with E-state index < -0.39 is 10.0 Å². The van der Waals surface area contributed by atoms with Crippen LogP contribution in [0.1, 0.15) is 29.0 Å². The summed E-state index contributed by atoms with van der Waals surface area (Å²) in [5.74, 6) is -0.144. The first kappa shape index (κ1) is 18.2. The van der Waals surface area contributed by atoms with Gasteiger partial charge >= 0.3 is 0 Å². The monoisotopic (exact) mass is 389 g/mol. The first-order chi connectivity index (χ1) is 13.0. The number of sulfonamides is 1. The summed E-state index contributed by atoms with van der Waals surface area (Å²) in [6.45, 7) is 4.79. The maximum Gasteiger partial charge on any atom is 0.254 e. The van der Waals surface area contributed by atoms with Crippen LogP contribution in [0, 0.1) is 0 Å². The molecule has 0 radical (unpaired) electrons. The first-order valence-corrected chi connectivity index (χ1v) is 10.6. The molecule has 0 saturated carbocycles. The van der Waals surface area contributed by atoms with Gasteiger partial charge in [-0.3, -0.25) is 4.79 Å². The van der Waals surface area contributed by atoms with Crippen LogP contribution in [-0.4, -0.2) is 60.9 Å². The fraction of sp³-hybridized carbons (Fsp3) is 0.421. The molecule has 2 aromatic rings. The summed E-state index contributed by atoms with van der Waals surface area (Å²) in [4.78, 5) is 15.0. The maximum atomic E-state index is 13.1. The molecule has 27 heavy (non-hydrogen) atoms. The highest BCUT2D eigenvalue weighted by Gasteiger charge is 2.30. The Morgan fingerprint density at radius 3 is 2.63 bits per heavy atom. The molecule has 4 rings (SSSR count). The van der Waals surface area contributed by atoms with E-state index in [0.29, 0.717) is 38.4 Å². The summed E-state index contributed by atoms with van der Waals surface area (Å²) in [6.07, 6.45) is 2.02. The van der Waals surface area contributed by atoms with Crippen molar-refractivity contribution in [3.63, 3.8) is 0 Å². The van der Waals surface area contributed by atoms with E-state index >= 15 is 0 Å². The minimum Gasteiger partial charge on any atom is -0.379 e. The van der Waals surface area contributed by atoms with Gasteiger partial charge in [-0.05, 0) is 37.3 Å². The molecule has 144 valence electrons. The summed E-state index contributed by atoms with van der Waals surface area (Å²) in [7, 11) is -3.62. The van der Waals surface area contributed by atoms with E-state index in [2.05, 4.69) is 4.57 Å². The molecule has 3 heterocycles. The molecule has 2 aliphatic heterocycles. The van der Waals surface area contributed by atoms with Crippen molar-refractivity contribution in [1.29, 1.82) is 0 Å². The summed E-state index contributed by atoms with van der Waals surface area (Å²) in [5, 5.41) is 0. The van der Waals surface area contributed by atoms with Gasteiger partial charge in [0.2, 0.25) is 10.0 Å². The van der Waals surface area contributed by atoms with E-state index in [4.69, 9.17) is 4.74 Å². The quantitative estimate of drug-likeness (QED) is 0.802. The third kappa shape index (κ3) is 3.28. The third-order valence-corrected chi connectivity index (χ3v) is 7.19. The van der Waals surface area contributed by atoms with Gasteiger partial charge < -0.3 is 14.2 Å². The number of hydrogen-bond donors (Lipinski definition) is 0. The molecule has 2 aliphatic rings. The molecular weight excluding hydrogens is 366 g/mol. The highest BCUT2D eigenvalue weighted by molar-refractivity contribution is 7.89. The first-order valence-electron chi connectivity index (χ1n) is 9.12. The molecule has 0 unspecified atom stereocenters. The van der Waals surface area contributed by atoms with E-state index in [1.54, 1.807) is 23.1 Å². The van der Waals surface area contributed by atoms with Gasteiger partial charge in [0.25, 0.3) is 5.91 Å². The third-order valence-electron chi connectivity index (χ3n) is 5.29. The van der Waals surface area contributed by atoms with Gasteiger partial charge in [0.05, 0.1) is 24.2 Å². The second-order valence-electron chi connectivity index (χ2n) is 6.85. The molecule has 1 atom stereocenters. The zero-order valence-electron chi connectivity index (χ0n) is 15.2. The second-order valence-corrected chi connectivity index (χ2v) is 8.78. The SMILES string of the molecule is C[C@H]1c2cccn2CCN1C(=O)c1cccc(S(=O)(=O)N2CCOCC2)c1. The average molecular weight is 389 g/mol. The summed E-state index contributed by atoms with van der Waals surface area (Å²) in [5.41, 5.74) is 1.49. The summed E-state index contributed by atoms with van der Waals surface area (Å²) < 4.78 is 34.5. The Hall–Kier alpha value is -2.16. The number of carbonyl (C=O) groups excluding carboxylic acids is 1. The van der Waals surface area contributed by atoms with Crippen molar-refractivity contribution < 1.29 is 17.9 Å². The molecule has 7 nitrogen and oxygen atoms in total. The molecule has 0 N–H and O–H groups in total. The smallest absolute Gasteiger partial charge is 0.254 e. The van der Waals surface area contributed by atoms with Crippen LogP contribution in [0.15, 0.2) is 47.5 Å². The molecule has 1 aromatic heterocycles. The Morgan fingerprint density at radius 1 is 1.07 bits per heavy atom. The van der Waals surface area contributed by atoms with Crippen molar-refractivity contribution in [2.24, 2.45) is 0 Å². The number of fused-ring (bicyclic) bond motifs is 1. The fourth-order valence-corrected chi connectivity index (χ4v) is 5.20. The fourth-order valence-electron chi connectivity index (χ4n) is 3.75. The summed E-state index contributed by atoms with van der Waals surface area (Å²) >= 11 is 0. The predicted octanol–water partition coefficient (Wildman–Crippen LogP) is 1.73. The Balaban J connectivity index is 1.60. The topological polar surface area (TPSA) is 71.9 Å². The van der Waals surface area contributed by atoms with E-state index in [9.17, 15) is 13.2 Å². The van der Waals surface area contributed by atoms with Crippen molar-refractivity contribution in [1.82, 2.24) is 13.8 Å². The van der Waals surface area contributed by atoms with Gasteiger partial charge in [-0.25, -0.2) is 8.42 Å². The van der Waals surface area contributed by atoms with Crippen molar-refractivity contribution in [2.45, 2.75) is 24.4 Å². The lowest BCUT2D eigenvalue weighted by molar-refractivity contribution is 0.0643. The molecule has 1 amide bonds. The van der Waals surface area contributed by atoms with Crippen LogP contribution in [0.2, 0.25) is 0 Å². The lowest BCUT2D eigenvalue weighted by Gasteiger charge is -2.35. The van der Waals surface area contributed by atoms with Crippen LogP contribution in [0.3, 0.4) is 0 Å². The molecule has 0 aliphatic carbocycles. The molecule has 1 fully saturated rings. The van der Waals surface area contributed by atoms with Crippen LogP contribution >= 0.6 is 0 Å². The van der Waals surface area contributed by atoms with E-state index in [1.807, 2.05) is 25.3 Å². The summed E-state index contributed by atoms with van der Waals surface area (Å²) in [6, 6.07) is 10.3. The highest BCUT2D eigenvalue weighted by atomic mass is 32.2. The number of aromatic nitrogens is 1. The van der Waals surface area contributed by atoms with E-state index in [-0.39, 0.29) is 16.8 Å². The highest BCUT2D eigenvalue weighted by Crippen LogP contribution is 2.27. The van der Waals surface area contributed by atoms with Crippen molar-refractivity contribution in [3.8, 4) is 0 Å². The minimum absolute atomic E-state index is 0.0549. The average Bonchev–Trinajstić information content (AvgIpc) is 3.18. The zero-order chi connectivity index (χ0) is 19.0. The lowest BCUT2D eigenvalue weighted by atomic mass is 10.1. The maximum absolute atomic E-state index is 13.1. The minimum atomic E-state index is -3.62. The molecule has 8 heteroatoms. The van der Waals surface area contributed by atoms with Crippen molar-refractivity contribution in [2.75, 3.05) is 32.8 Å². The molecular formula is C19H23N3O4S. The molecule has 1 aromatic carbocycles. The number of rotatable bonds is 3. The van der Waals surface area contributed by atoms with Crippen LogP contribution in [0.4, 0.5) is 0 Å². The van der Waals surface area contributed by atoms with E-state index in [0.717, 1.165) is 12.2 Å². The Morgan fingerprint density at radius 2 is 1.85 bits per heavy atom. The Kier molecular flexibility index (Phi) is 4.79. The second kappa shape index (κ2) is 7.10. The molecule has 0 bridgehead atoms. The van der Waals surface area contributed by atoms with Gasteiger partial charge in [0.1, 0.15) is 0 Å². The number of carbonyl (C=O) groups is 1. The van der Waals surface area contributed by atoms with Crippen molar-refractivity contribution >= 4 is 15.9 Å². The number of hydrogen-bond acceptors (Lipinski definition) is 4. The number of ether oxygens (including phenoxy) is 1. The van der Waals surface area contributed by atoms with Crippen LogP contribution in [0.25, 0.3) is 0 Å². The van der Waals surface area contributed by atoms with Gasteiger partial charge in [-0.2, -0.15) is 4.31 Å². The van der Waals surface area contributed by atoms with E-state index in [1.165, 1.54) is 10.4 Å². The van der Waals surface area contributed by atoms with Gasteiger partial charge in [0, 0.05) is 43.6 Å². The van der Waals surface area contributed by atoms with Crippen molar-refractivity contribution in [3.05, 3.63) is 53.9 Å². The number of amides is 1. The van der Waals surface area contributed by atoms with Crippen LogP contribution in [0.5, 0.6) is 0 Å². The van der Waals surface area contributed by atoms with Crippen LogP contribution < -0.4 is 0 Å². The molecule has 0 spiro atoms. The Bertz CT molecular complexity index is 947. The zero-order valence-corrected chi connectivity index (χ0v) is 16.1. The van der Waals surface area contributed by atoms with Gasteiger partial charge in [-0.15, -0.1) is 0 Å². The number of morpholine rings is 1. The largest absolute Gasteiger partial charge is 0.379 e. The van der Waals surface area contributed by atoms with Crippen LogP contribution in [-0.2, 0) is 21.3 Å². The lowest BCUT2D eigenvalue weighted by Crippen LogP contribution is -2.41. The molecule has 1 saturated heterocycles. The van der Waals surface area contributed by atoms with Gasteiger partial charge in [-0.1, -0.05) is 6.07 Å². The number of benzene rings is 1. The van der Waals surface area contributed by atoms with Gasteiger partial charge in [0.15, 0.2) is 0 Å². The number of nitrogens with zero attached hydrogens (tertiary/aromatic N) is 3. The normalized spacial score (nSPS) is 21.1. The standard InChI is InChI=1S/C19H23N3O4S/c1-15-18-6-3-7-20(18)8-9-22(15)19(23)16-4-2-5-17(14-16)27(24,25)21-10-12-26-13-11-21/h2-7,14-15H,8-13H2,1H3/t15-/m0/s1. The predicted molar refractivity (Wildman–Crippen MR) is 99.9 cm³/mol.